The van der Waals surface area contributed by atoms with Crippen molar-refractivity contribution in [3.63, 3.8) is 0 Å². The summed E-state index contributed by atoms with van der Waals surface area (Å²) in [7, 11) is 1.35. The molecule has 0 atom stereocenters. The van der Waals surface area contributed by atoms with Crippen molar-refractivity contribution in [1.29, 1.82) is 0 Å². The minimum Gasteiger partial charge on any atom is -0.465 e. The summed E-state index contributed by atoms with van der Waals surface area (Å²) >= 11 is 0. The van der Waals surface area contributed by atoms with Gasteiger partial charge in [-0.3, -0.25) is 0 Å². The molecule has 1 aromatic heterocycles. The van der Waals surface area contributed by atoms with Crippen molar-refractivity contribution in [3.05, 3.63) is 41.2 Å². The van der Waals surface area contributed by atoms with Gasteiger partial charge in [0.2, 0.25) is 0 Å². The van der Waals surface area contributed by atoms with Crippen LogP contribution < -0.4 is 5.73 Å². The molecule has 6 nitrogen and oxygen atoms in total. The first-order chi connectivity index (χ1) is 8.67. The lowest BCUT2D eigenvalue weighted by atomic mass is 10.2. The van der Waals surface area contributed by atoms with E-state index >= 15 is 0 Å². The van der Waals surface area contributed by atoms with Crippen molar-refractivity contribution in [2.75, 3.05) is 7.11 Å². The van der Waals surface area contributed by atoms with Gasteiger partial charge in [0.05, 0.1) is 29.7 Å². The summed E-state index contributed by atoms with van der Waals surface area (Å²) in [6, 6.07) is 7.00. The molecule has 0 bridgehead atoms. The van der Waals surface area contributed by atoms with Crippen LogP contribution in [-0.4, -0.2) is 28.1 Å². The maximum absolute atomic E-state index is 11.5. The van der Waals surface area contributed by atoms with Crippen LogP contribution in [0.25, 0.3) is 5.69 Å². The molecule has 2 N–H and O–H groups in total. The highest BCUT2D eigenvalue weighted by Gasteiger charge is 2.11. The number of hydrogen-bond donors (Lipinski definition) is 1. The summed E-state index contributed by atoms with van der Waals surface area (Å²) in [5.74, 6) is -0.381. The molecule has 6 heteroatoms. The van der Waals surface area contributed by atoms with Gasteiger partial charge >= 0.3 is 5.97 Å². The van der Waals surface area contributed by atoms with Gasteiger partial charge < -0.3 is 10.5 Å². The van der Waals surface area contributed by atoms with Gasteiger partial charge in [0.15, 0.2) is 0 Å². The average Bonchev–Trinajstić information content (AvgIpc) is 2.79. The SMILES string of the molecule is COC(=O)c1cccc(-n2nnc(CN)c2C)c1. The first kappa shape index (κ1) is 12.3. The molecule has 2 aromatic rings. The predicted octanol–water partition coefficient (Wildman–Crippen LogP) is 0.821. The Bertz CT molecular complexity index is 577. The van der Waals surface area contributed by atoms with Gasteiger partial charge in [0.25, 0.3) is 0 Å². The molecule has 0 aliphatic carbocycles. The molecule has 2 rings (SSSR count). The third-order valence-corrected chi connectivity index (χ3v) is 2.70. The largest absolute Gasteiger partial charge is 0.465 e. The fourth-order valence-corrected chi connectivity index (χ4v) is 1.68. The molecule has 0 unspecified atom stereocenters. The topological polar surface area (TPSA) is 83.0 Å². The molecule has 0 aliphatic rings. The zero-order chi connectivity index (χ0) is 13.1. The zero-order valence-corrected chi connectivity index (χ0v) is 10.3. The van der Waals surface area contributed by atoms with E-state index in [1.807, 2.05) is 13.0 Å². The van der Waals surface area contributed by atoms with Crippen LogP contribution in [0.4, 0.5) is 0 Å². The molecule has 0 spiro atoms. The minimum absolute atomic E-state index is 0.336. The van der Waals surface area contributed by atoms with Crippen molar-refractivity contribution in [3.8, 4) is 5.69 Å². The van der Waals surface area contributed by atoms with E-state index in [0.717, 1.165) is 17.1 Å². The maximum atomic E-state index is 11.5. The Kier molecular flexibility index (Phi) is 3.38. The lowest BCUT2D eigenvalue weighted by molar-refractivity contribution is 0.0600. The monoisotopic (exact) mass is 246 g/mol. The minimum atomic E-state index is -0.381. The van der Waals surface area contributed by atoms with Crippen molar-refractivity contribution in [2.45, 2.75) is 13.5 Å². The Balaban J connectivity index is 2.44. The number of methoxy groups -OCH3 is 1. The third kappa shape index (κ3) is 2.10. The number of carbonyl (C=O) groups is 1. The van der Waals surface area contributed by atoms with Gasteiger partial charge in [-0.25, -0.2) is 9.48 Å². The molecule has 1 heterocycles. The standard InChI is InChI=1S/C12H14N4O2/c1-8-11(7-13)14-15-16(8)10-5-3-4-9(6-10)12(17)18-2/h3-6H,7,13H2,1-2H3. The highest BCUT2D eigenvalue weighted by atomic mass is 16.5. The van der Waals surface area contributed by atoms with Crippen LogP contribution in [0.5, 0.6) is 0 Å². The Morgan fingerprint density at radius 1 is 1.50 bits per heavy atom. The van der Waals surface area contributed by atoms with Crippen molar-refractivity contribution >= 4 is 5.97 Å². The van der Waals surface area contributed by atoms with Crippen LogP contribution in [0.3, 0.4) is 0 Å². The number of hydrogen-bond acceptors (Lipinski definition) is 5. The molecule has 0 radical (unpaired) electrons. The summed E-state index contributed by atoms with van der Waals surface area (Å²) in [5, 5.41) is 7.99. The van der Waals surface area contributed by atoms with Crippen molar-refractivity contribution in [2.24, 2.45) is 5.73 Å². The second-order valence-electron chi connectivity index (χ2n) is 3.78. The number of aromatic nitrogens is 3. The van der Waals surface area contributed by atoms with Gasteiger partial charge in [-0.05, 0) is 25.1 Å². The second-order valence-corrected chi connectivity index (χ2v) is 3.78. The number of rotatable bonds is 3. The fourth-order valence-electron chi connectivity index (χ4n) is 1.68. The Hall–Kier alpha value is -2.21. The van der Waals surface area contributed by atoms with E-state index < -0.39 is 0 Å². The molecule has 18 heavy (non-hydrogen) atoms. The summed E-state index contributed by atoms with van der Waals surface area (Å²) in [6.07, 6.45) is 0. The number of nitrogens with zero attached hydrogens (tertiary/aromatic N) is 3. The van der Waals surface area contributed by atoms with Crippen molar-refractivity contribution in [1.82, 2.24) is 15.0 Å². The molecule has 0 saturated heterocycles. The number of esters is 1. The number of benzene rings is 1. The molecule has 1 aromatic carbocycles. The average molecular weight is 246 g/mol. The lowest BCUT2D eigenvalue weighted by Crippen LogP contribution is -2.05. The first-order valence-electron chi connectivity index (χ1n) is 5.47. The van der Waals surface area contributed by atoms with E-state index in [9.17, 15) is 4.79 Å². The first-order valence-corrected chi connectivity index (χ1v) is 5.47. The van der Waals surface area contributed by atoms with E-state index in [2.05, 4.69) is 15.0 Å². The zero-order valence-electron chi connectivity index (χ0n) is 10.3. The molecule has 0 saturated carbocycles. The molecular weight excluding hydrogens is 232 g/mol. The van der Waals surface area contributed by atoms with E-state index in [0.29, 0.717) is 12.1 Å². The van der Waals surface area contributed by atoms with Crippen LogP contribution in [0.15, 0.2) is 24.3 Å². The van der Waals surface area contributed by atoms with Gasteiger partial charge in [-0.1, -0.05) is 11.3 Å². The highest BCUT2D eigenvalue weighted by Crippen LogP contribution is 2.14. The number of carbonyl (C=O) groups excluding carboxylic acids is 1. The second kappa shape index (κ2) is 4.97. The smallest absolute Gasteiger partial charge is 0.337 e. The predicted molar refractivity (Wildman–Crippen MR) is 65.3 cm³/mol. The van der Waals surface area contributed by atoms with E-state index in [1.54, 1.807) is 22.9 Å². The molecular formula is C12H14N4O2. The van der Waals surface area contributed by atoms with Crippen LogP contribution in [-0.2, 0) is 11.3 Å². The molecule has 94 valence electrons. The summed E-state index contributed by atoms with van der Waals surface area (Å²) in [6.45, 7) is 2.22. The Labute approximate surface area is 104 Å². The van der Waals surface area contributed by atoms with Crippen LogP contribution in [0.1, 0.15) is 21.7 Å². The summed E-state index contributed by atoms with van der Waals surface area (Å²) in [4.78, 5) is 11.5. The normalized spacial score (nSPS) is 10.4. The molecule has 0 fully saturated rings. The summed E-state index contributed by atoms with van der Waals surface area (Å²) in [5.41, 5.74) is 8.37. The maximum Gasteiger partial charge on any atom is 0.337 e. The van der Waals surface area contributed by atoms with E-state index in [-0.39, 0.29) is 5.97 Å². The van der Waals surface area contributed by atoms with Gasteiger partial charge in [-0.2, -0.15) is 0 Å². The van der Waals surface area contributed by atoms with E-state index in [1.165, 1.54) is 7.11 Å². The molecule has 0 amide bonds. The number of ether oxygens (including phenoxy) is 1. The van der Waals surface area contributed by atoms with Crippen LogP contribution >= 0.6 is 0 Å². The number of nitrogens with two attached hydrogens (primary N) is 1. The highest BCUT2D eigenvalue weighted by molar-refractivity contribution is 5.89. The fraction of sp³-hybridized carbons (Fsp3) is 0.250. The Morgan fingerprint density at radius 2 is 2.28 bits per heavy atom. The van der Waals surface area contributed by atoms with Gasteiger partial charge in [0, 0.05) is 6.54 Å². The third-order valence-electron chi connectivity index (χ3n) is 2.70. The quantitative estimate of drug-likeness (QED) is 0.811. The van der Waals surface area contributed by atoms with Crippen LogP contribution in [0, 0.1) is 6.92 Å². The molecule has 0 aliphatic heterocycles. The van der Waals surface area contributed by atoms with Crippen molar-refractivity contribution < 1.29 is 9.53 Å². The lowest BCUT2D eigenvalue weighted by Gasteiger charge is -2.05. The van der Waals surface area contributed by atoms with Gasteiger partial charge in [-0.15, -0.1) is 5.10 Å². The summed E-state index contributed by atoms with van der Waals surface area (Å²) < 4.78 is 6.33. The van der Waals surface area contributed by atoms with Gasteiger partial charge in [0.1, 0.15) is 0 Å². The Morgan fingerprint density at radius 3 is 2.89 bits per heavy atom. The van der Waals surface area contributed by atoms with Crippen LogP contribution in [0.2, 0.25) is 0 Å². The van der Waals surface area contributed by atoms with E-state index in [4.69, 9.17) is 5.73 Å².